The van der Waals surface area contributed by atoms with E-state index in [-0.39, 0.29) is 12.3 Å². The van der Waals surface area contributed by atoms with Gasteiger partial charge in [-0.2, -0.15) is 0 Å². The van der Waals surface area contributed by atoms with Crippen molar-refractivity contribution in [2.24, 2.45) is 0 Å². The Morgan fingerprint density at radius 2 is 2.21 bits per heavy atom. The molecule has 0 aliphatic carbocycles. The number of nitrogens with one attached hydrogen (secondary N) is 1. The monoisotopic (exact) mass is 202 g/mol. The van der Waals surface area contributed by atoms with Crippen LogP contribution >= 0.6 is 0 Å². The summed E-state index contributed by atoms with van der Waals surface area (Å²) in [6, 6.07) is 0.248. The molecule has 83 valence electrons. The van der Waals surface area contributed by atoms with Crippen LogP contribution in [-0.4, -0.2) is 45.8 Å². The lowest BCUT2D eigenvalue weighted by Crippen LogP contribution is -2.30. The quantitative estimate of drug-likeness (QED) is 0.613. The molecule has 14 heavy (non-hydrogen) atoms. The van der Waals surface area contributed by atoms with Gasteiger partial charge in [-0.3, -0.25) is 0 Å². The van der Waals surface area contributed by atoms with Gasteiger partial charge in [0.15, 0.2) is 6.29 Å². The van der Waals surface area contributed by atoms with E-state index in [1.165, 1.54) is 0 Å². The van der Waals surface area contributed by atoms with Crippen LogP contribution in [0.2, 0.25) is 0 Å². The molecule has 1 atom stereocenters. The third-order valence-electron chi connectivity index (χ3n) is 2.18. The summed E-state index contributed by atoms with van der Waals surface area (Å²) in [6.07, 6.45) is 1.87. The summed E-state index contributed by atoms with van der Waals surface area (Å²) in [7, 11) is 1.69. The highest BCUT2D eigenvalue weighted by molar-refractivity contribution is 4.70. The van der Waals surface area contributed by atoms with E-state index in [2.05, 4.69) is 12.2 Å². The lowest BCUT2D eigenvalue weighted by molar-refractivity contribution is -0.0485. The van der Waals surface area contributed by atoms with Crippen molar-refractivity contribution in [3.63, 3.8) is 0 Å². The van der Waals surface area contributed by atoms with Gasteiger partial charge in [0.25, 0.3) is 0 Å². The zero-order valence-corrected chi connectivity index (χ0v) is 8.83. The second kappa shape index (κ2) is 7.17. The van der Waals surface area contributed by atoms with Crippen LogP contribution in [0.25, 0.3) is 0 Å². The predicted molar refractivity (Wildman–Crippen MR) is 53.9 cm³/mol. The van der Waals surface area contributed by atoms with Gasteiger partial charge >= 0.3 is 0 Å². The molecule has 0 spiro atoms. The van der Waals surface area contributed by atoms with Crippen LogP contribution in [0.1, 0.15) is 12.8 Å². The molecule has 0 aromatic rings. The molecule has 1 N–H and O–H groups in total. The molecular formula is C10H20NO3. The van der Waals surface area contributed by atoms with E-state index in [1.807, 2.05) is 0 Å². The Labute approximate surface area is 85.9 Å². The second-order valence-electron chi connectivity index (χ2n) is 3.39. The molecule has 1 aliphatic rings. The number of methoxy groups -OCH3 is 1. The van der Waals surface area contributed by atoms with Crippen LogP contribution in [0.5, 0.6) is 0 Å². The van der Waals surface area contributed by atoms with Crippen molar-refractivity contribution in [1.29, 1.82) is 0 Å². The molecule has 1 heterocycles. The average Bonchev–Trinajstić information content (AvgIpc) is 2.68. The fourth-order valence-electron chi connectivity index (χ4n) is 1.38. The Balaban J connectivity index is 1.93. The SMILES string of the molecule is [CH2]C(CCC1OCCO1)NCCOC. The number of hydrogen-bond acceptors (Lipinski definition) is 4. The molecule has 4 nitrogen and oxygen atoms in total. The molecule has 0 aromatic carbocycles. The first-order valence-electron chi connectivity index (χ1n) is 5.11. The molecule has 1 fully saturated rings. The van der Waals surface area contributed by atoms with Crippen molar-refractivity contribution < 1.29 is 14.2 Å². The van der Waals surface area contributed by atoms with Crippen molar-refractivity contribution in [1.82, 2.24) is 5.32 Å². The van der Waals surface area contributed by atoms with Crippen molar-refractivity contribution in [3.8, 4) is 0 Å². The highest BCUT2D eigenvalue weighted by Crippen LogP contribution is 2.11. The van der Waals surface area contributed by atoms with E-state index >= 15 is 0 Å². The summed E-state index contributed by atoms with van der Waals surface area (Å²) in [5, 5.41) is 3.26. The van der Waals surface area contributed by atoms with Crippen LogP contribution in [-0.2, 0) is 14.2 Å². The van der Waals surface area contributed by atoms with Gasteiger partial charge in [-0.1, -0.05) is 0 Å². The van der Waals surface area contributed by atoms with Crippen molar-refractivity contribution in [2.45, 2.75) is 25.2 Å². The highest BCUT2D eigenvalue weighted by Gasteiger charge is 2.16. The second-order valence-corrected chi connectivity index (χ2v) is 3.39. The highest BCUT2D eigenvalue weighted by atomic mass is 16.7. The molecule has 1 unspecified atom stereocenters. The van der Waals surface area contributed by atoms with Gasteiger partial charge in [0, 0.05) is 19.7 Å². The van der Waals surface area contributed by atoms with Crippen molar-refractivity contribution in [3.05, 3.63) is 6.92 Å². The summed E-state index contributed by atoms with van der Waals surface area (Å²) in [4.78, 5) is 0. The lowest BCUT2D eigenvalue weighted by atomic mass is 10.2. The summed E-state index contributed by atoms with van der Waals surface area (Å²) in [5.41, 5.74) is 0. The maximum atomic E-state index is 5.33. The normalized spacial score (nSPS) is 20.1. The Morgan fingerprint density at radius 3 is 2.86 bits per heavy atom. The van der Waals surface area contributed by atoms with E-state index in [0.717, 1.165) is 39.2 Å². The Kier molecular flexibility index (Phi) is 6.10. The Hall–Kier alpha value is -0.160. The maximum absolute atomic E-state index is 5.33. The molecule has 1 radical (unpaired) electrons. The van der Waals surface area contributed by atoms with Gasteiger partial charge in [0.05, 0.1) is 19.8 Å². The minimum atomic E-state index is -0.0107. The van der Waals surface area contributed by atoms with E-state index in [4.69, 9.17) is 14.2 Å². The van der Waals surface area contributed by atoms with Crippen LogP contribution in [0, 0.1) is 6.92 Å². The summed E-state index contributed by atoms with van der Waals surface area (Å²) < 4.78 is 15.6. The smallest absolute Gasteiger partial charge is 0.157 e. The van der Waals surface area contributed by atoms with Crippen LogP contribution in [0.15, 0.2) is 0 Å². The number of rotatable bonds is 7. The number of hydrogen-bond donors (Lipinski definition) is 1. The molecule has 1 rings (SSSR count). The maximum Gasteiger partial charge on any atom is 0.157 e. The predicted octanol–water partition coefficient (Wildman–Crippen LogP) is 0.578. The molecule has 1 aliphatic heterocycles. The fraction of sp³-hybridized carbons (Fsp3) is 0.900. The van der Waals surface area contributed by atoms with Crippen LogP contribution in [0.3, 0.4) is 0 Å². The van der Waals surface area contributed by atoms with Crippen LogP contribution in [0.4, 0.5) is 0 Å². The number of ether oxygens (including phenoxy) is 3. The minimum absolute atomic E-state index is 0.0107. The first kappa shape index (κ1) is 11.9. The molecular weight excluding hydrogens is 182 g/mol. The van der Waals surface area contributed by atoms with E-state index in [0.29, 0.717) is 0 Å². The third kappa shape index (κ3) is 4.91. The molecule has 0 aromatic heterocycles. The Bertz CT molecular complexity index is 137. The van der Waals surface area contributed by atoms with E-state index in [1.54, 1.807) is 7.11 Å². The van der Waals surface area contributed by atoms with E-state index in [9.17, 15) is 0 Å². The fourth-order valence-corrected chi connectivity index (χ4v) is 1.38. The zero-order chi connectivity index (χ0) is 10.2. The molecule has 4 heteroatoms. The topological polar surface area (TPSA) is 39.7 Å². The first-order chi connectivity index (χ1) is 6.83. The van der Waals surface area contributed by atoms with Gasteiger partial charge in [0.2, 0.25) is 0 Å². The van der Waals surface area contributed by atoms with Gasteiger partial charge in [-0.25, -0.2) is 0 Å². The molecule has 0 bridgehead atoms. The lowest BCUT2D eigenvalue weighted by Gasteiger charge is -2.15. The van der Waals surface area contributed by atoms with E-state index < -0.39 is 0 Å². The van der Waals surface area contributed by atoms with Gasteiger partial charge in [-0.15, -0.1) is 0 Å². The summed E-state index contributed by atoms with van der Waals surface area (Å²) in [6.45, 7) is 7.01. The molecule has 0 saturated carbocycles. The van der Waals surface area contributed by atoms with Gasteiger partial charge < -0.3 is 19.5 Å². The van der Waals surface area contributed by atoms with Gasteiger partial charge in [-0.05, 0) is 19.8 Å². The first-order valence-corrected chi connectivity index (χ1v) is 5.11. The Morgan fingerprint density at radius 1 is 1.50 bits per heavy atom. The zero-order valence-electron chi connectivity index (χ0n) is 8.83. The largest absolute Gasteiger partial charge is 0.383 e. The molecule has 1 saturated heterocycles. The van der Waals surface area contributed by atoms with Crippen molar-refractivity contribution in [2.75, 3.05) is 33.5 Å². The standard InChI is InChI=1S/C10H20NO3/c1-9(11-5-6-12-2)3-4-10-13-7-8-14-10/h9-11H,1,3-8H2,2H3. The third-order valence-corrected chi connectivity index (χ3v) is 2.18. The average molecular weight is 202 g/mol. The summed E-state index contributed by atoms with van der Waals surface area (Å²) in [5.74, 6) is 0. The minimum Gasteiger partial charge on any atom is -0.383 e. The summed E-state index contributed by atoms with van der Waals surface area (Å²) >= 11 is 0. The van der Waals surface area contributed by atoms with Crippen molar-refractivity contribution >= 4 is 0 Å². The molecule has 0 amide bonds. The van der Waals surface area contributed by atoms with Gasteiger partial charge in [0.1, 0.15) is 0 Å². The van der Waals surface area contributed by atoms with Crippen LogP contribution < -0.4 is 5.32 Å².